The van der Waals surface area contributed by atoms with E-state index in [9.17, 15) is 13.2 Å². The quantitative estimate of drug-likeness (QED) is 0.765. The van der Waals surface area contributed by atoms with Crippen LogP contribution in [-0.4, -0.2) is 45.8 Å². The molecular weight excluding hydrogens is 378 g/mol. The monoisotopic (exact) mass is 405 g/mol. The van der Waals surface area contributed by atoms with Crippen LogP contribution in [-0.2, 0) is 21.2 Å². The van der Waals surface area contributed by atoms with Crippen molar-refractivity contribution in [1.29, 1.82) is 0 Å². The third kappa shape index (κ3) is 4.74. The van der Waals surface area contributed by atoms with Gasteiger partial charge >= 0.3 is 0 Å². The highest BCUT2D eigenvalue weighted by Crippen LogP contribution is 2.30. The lowest BCUT2D eigenvalue weighted by Crippen LogP contribution is -2.35. The van der Waals surface area contributed by atoms with Crippen LogP contribution in [0.25, 0.3) is 0 Å². The molecule has 1 amide bonds. The molecule has 3 rings (SSSR count). The highest BCUT2D eigenvalue weighted by atomic mass is 32.2. The highest BCUT2D eigenvalue weighted by Gasteiger charge is 2.27. The summed E-state index contributed by atoms with van der Waals surface area (Å²) in [7, 11) is 0.146. The summed E-state index contributed by atoms with van der Waals surface area (Å²) in [6.45, 7) is 1.09. The van der Waals surface area contributed by atoms with E-state index in [1.807, 2.05) is 25.1 Å². The topological polar surface area (TPSA) is 82.9 Å². The largest absolute Gasteiger partial charge is 0.469 e. The van der Waals surface area contributed by atoms with Gasteiger partial charge in [0.1, 0.15) is 5.76 Å². The minimum Gasteiger partial charge on any atom is -0.469 e. The van der Waals surface area contributed by atoms with E-state index in [1.165, 1.54) is 4.31 Å². The van der Waals surface area contributed by atoms with E-state index in [0.29, 0.717) is 25.2 Å². The van der Waals surface area contributed by atoms with Crippen LogP contribution in [0.3, 0.4) is 0 Å². The fourth-order valence-corrected chi connectivity index (χ4v) is 4.87. The van der Waals surface area contributed by atoms with E-state index in [-0.39, 0.29) is 17.2 Å². The van der Waals surface area contributed by atoms with Gasteiger partial charge in [0.15, 0.2) is 0 Å². The van der Waals surface area contributed by atoms with Crippen molar-refractivity contribution in [3.63, 3.8) is 0 Å². The summed E-state index contributed by atoms with van der Waals surface area (Å²) in [6, 6.07) is 8.51. The average Bonchev–Trinajstić information content (AvgIpc) is 3.20. The maximum absolute atomic E-state index is 13.0. The van der Waals surface area contributed by atoms with Crippen molar-refractivity contribution >= 4 is 27.3 Å². The summed E-state index contributed by atoms with van der Waals surface area (Å²) in [5.74, 6) is 0.552. The number of amides is 1. The lowest BCUT2D eigenvalue weighted by molar-refractivity contribution is -0.116. The molecule has 2 heterocycles. The van der Waals surface area contributed by atoms with Crippen LogP contribution in [0.1, 0.15) is 31.4 Å². The van der Waals surface area contributed by atoms with Gasteiger partial charge in [0.05, 0.1) is 22.5 Å². The molecule has 0 unspecified atom stereocenters. The number of sulfonamides is 1. The third-order valence-electron chi connectivity index (χ3n) is 4.86. The van der Waals surface area contributed by atoms with Crippen LogP contribution in [0, 0.1) is 0 Å². The maximum Gasteiger partial charge on any atom is 0.243 e. The fraction of sp³-hybridized carbons (Fsp3) is 0.450. The lowest BCUT2D eigenvalue weighted by atomic mass is 10.2. The van der Waals surface area contributed by atoms with Crippen LogP contribution in [0.2, 0.25) is 0 Å². The summed E-state index contributed by atoms with van der Waals surface area (Å²) in [6.07, 6.45) is 5.14. The van der Waals surface area contributed by atoms with Gasteiger partial charge in [-0.15, -0.1) is 0 Å². The first kappa shape index (κ1) is 20.4. The smallest absolute Gasteiger partial charge is 0.243 e. The first-order chi connectivity index (χ1) is 13.4. The molecule has 1 fully saturated rings. The van der Waals surface area contributed by atoms with Crippen molar-refractivity contribution in [3.05, 3.63) is 42.4 Å². The molecule has 1 aliphatic rings. The fourth-order valence-electron chi connectivity index (χ4n) is 3.32. The molecule has 0 atom stereocenters. The van der Waals surface area contributed by atoms with E-state index < -0.39 is 10.0 Å². The van der Waals surface area contributed by atoms with E-state index in [4.69, 9.17) is 4.42 Å². The summed E-state index contributed by atoms with van der Waals surface area (Å²) in [5.41, 5.74) is 1.25. The number of furan rings is 1. The molecule has 152 valence electrons. The van der Waals surface area contributed by atoms with Gasteiger partial charge in [-0.2, -0.15) is 4.31 Å². The predicted molar refractivity (Wildman–Crippen MR) is 109 cm³/mol. The Hall–Kier alpha value is -2.32. The molecule has 0 bridgehead atoms. The number of carbonyl (C=O) groups excluding carboxylic acids is 1. The zero-order chi connectivity index (χ0) is 20.1. The first-order valence-corrected chi connectivity index (χ1v) is 11.0. The molecule has 0 aliphatic carbocycles. The Kier molecular flexibility index (Phi) is 6.41. The number of hydrogen-bond acceptors (Lipinski definition) is 5. The Balaban J connectivity index is 1.80. The number of nitrogens with one attached hydrogen (secondary N) is 1. The molecule has 8 heteroatoms. The SMILES string of the molecule is CN(C)c1ccc(S(=O)(=O)N2CCCCC2)cc1NC(=O)CCc1ccco1. The van der Waals surface area contributed by atoms with E-state index in [1.54, 1.807) is 30.5 Å². The number of hydrogen-bond donors (Lipinski definition) is 1. The van der Waals surface area contributed by atoms with Crippen molar-refractivity contribution in [2.45, 2.75) is 37.0 Å². The number of nitrogens with zero attached hydrogens (tertiary/aromatic N) is 2. The molecule has 1 aromatic carbocycles. The van der Waals surface area contributed by atoms with Gasteiger partial charge in [-0.1, -0.05) is 6.42 Å². The van der Waals surface area contributed by atoms with Crippen molar-refractivity contribution in [1.82, 2.24) is 4.31 Å². The number of piperidine rings is 1. The summed E-state index contributed by atoms with van der Waals surface area (Å²) in [5, 5.41) is 2.86. The van der Waals surface area contributed by atoms with Crippen molar-refractivity contribution in [3.8, 4) is 0 Å². The summed E-state index contributed by atoms with van der Waals surface area (Å²) < 4.78 is 32.7. The van der Waals surface area contributed by atoms with Gasteiger partial charge in [-0.3, -0.25) is 4.79 Å². The molecule has 1 saturated heterocycles. The Morgan fingerprint density at radius 2 is 1.93 bits per heavy atom. The second-order valence-corrected chi connectivity index (χ2v) is 9.10. The summed E-state index contributed by atoms with van der Waals surface area (Å²) in [4.78, 5) is 14.5. The lowest BCUT2D eigenvalue weighted by Gasteiger charge is -2.26. The number of rotatable bonds is 7. The van der Waals surface area contributed by atoms with Crippen LogP contribution >= 0.6 is 0 Å². The number of anilines is 2. The molecule has 7 nitrogen and oxygen atoms in total. The van der Waals surface area contributed by atoms with Crippen LogP contribution in [0.4, 0.5) is 11.4 Å². The van der Waals surface area contributed by atoms with Gasteiger partial charge in [0.25, 0.3) is 0 Å². The van der Waals surface area contributed by atoms with Gasteiger partial charge in [0, 0.05) is 40.0 Å². The third-order valence-corrected chi connectivity index (χ3v) is 6.75. The Bertz CT molecular complexity index is 902. The van der Waals surface area contributed by atoms with E-state index in [0.717, 1.165) is 30.7 Å². The Morgan fingerprint density at radius 3 is 2.57 bits per heavy atom. The van der Waals surface area contributed by atoms with E-state index in [2.05, 4.69) is 5.32 Å². The van der Waals surface area contributed by atoms with Crippen molar-refractivity contribution < 1.29 is 17.6 Å². The number of carbonyl (C=O) groups is 1. The first-order valence-electron chi connectivity index (χ1n) is 9.51. The van der Waals surface area contributed by atoms with Gasteiger partial charge in [-0.05, 0) is 43.2 Å². The van der Waals surface area contributed by atoms with E-state index >= 15 is 0 Å². The van der Waals surface area contributed by atoms with Gasteiger partial charge in [-0.25, -0.2) is 8.42 Å². The molecule has 0 saturated carbocycles. The molecule has 28 heavy (non-hydrogen) atoms. The number of aryl methyl sites for hydroxylation is 1. The minimum atomic E-state index is -3.56. The number of benzene rings is 1. The zero-order valence-electron chi connectivity index (χ0n) is 16.3. The normalized spacial score (nSPS) is 15.4. The second kappa shape index (κ2) is 8.79. The minimum absolute atomic E-state index is 0.188. The Morgan fingerprint density at radius 1 is 1.18 bits per heavy atom. The van der Waals surface area contributed by atoms with Gasteiger partial charge < -0.3 is 14.6 Å². The maximum atomic E-state index is 13.0. The zero-order valence-corrected chi connectivity index (χ0v) is 17.2. The molecule has 0 radical (unpaired) electrons. The van der Waals surface area contributed by atoms with Crippen molar-refractivity contribution in [2.24, 2.45) is 0 Å². The van der Waals surface area contributed by atoms with Crippen LogP contribution < -0.4 is 10.2 Å². The molecule has 1 N–H and O–H groups in total. The van der Waals surface area contributed by atoms with Crippen molar-refractivity contribution in [2.75, 3.05) is 37.4 Å². The van der Waals surface area contributed by atoms with Crippen LogP contribution in [0.15, 0.2) is 45.9 Å². The standard InChI is InChI=1S/C20H27N3O4S/c1-22(2)19-10-9-17(28(25,26)23-12-4-3-5-13-23)15-18(19)21-20(24)11-8-16-7-6-14-27-16/h6-7,9-10,14-15H,3-5,8,11-13H2,1-2H3,(H,21,24). The molecule has 0 spiro atoms. The molecule has 1 aromatic heterocycles. The molecule has 2 aromatic rings. The highest BCUT2D eigenvalue weighted by molar-refractivity contribution is 7.89. The average molecular weight is 406 g/mol. The molecule has 1 aliphatic heterocycles. The Labute approximate surface area is 166 Å². The summed E-state index contributed by atoms with van der Waals surface area (Å²) >= 11 is 0. The second-order valence-electron chi connectivity index (χ2n) is 7.17. The predicted octanol–water partition coefficient (Wildman–Crippen LogP) is 3.09. The van der Waals surface area contributed by atoms with Crippen LogP contribution in [0.5, 0.6) is 0 Å². The molecular formula is C20H27N3O4S. The van der Waals surface area contributed by atoms with Gasteiger partial charge in [0.2, 0.25) is 15.9 Å².